The summed E-state index contributed by atoms with van der Waals surface area (Å²) in [5.74, 6) is 0. The van der Waals surface area contributed by atoms with Crippen LogP contribution in [-0.2, 0) is 4.84 Å². The van der Waals surface area contributed by atoms with Crippen LogP contribution in [0.25, 0.3) is 0 Å². The fourth-order valence-corrected chi connectivity index (χ4v) is 1.19. The van der Waals surface area contributed by atoms with Crippen molar-refractivity contribution in [2.45, 2.75) is 32.6 Å². The van der Waals surface area contributed by atoms with Crippen molar-refractivity contribution in [1.82, 2.24) is 5.06 Å². The lowest BCUT2D eigenvalue weighted by atomic mass is 10.2. The van der Waals surface area contributed by atoms with Gasteiger partial charge in [-0.3, -0.25) is 4.84 Å². The van der Waals surface area contributed by atoms with E-state index in [-0.39, 0.29) is 0 Å². The Balaban J connectivity index is 3.39. The van der Waals surface area contributed by atoms with E-state index in [1.165, 1.54) is 19.3 Å². The first kappa shape index (κ1) is 13.4. The van der Waals surface area contributed by atoms with Crippen LogP contribution in [-0.4, -0.2) is 24.8 Å². The molecule has 0 unspecified atom stereocenters. The highest BCUT2D eigenvalue weighted by Crippen LogP contribution is 2.00. The van der Waals surface area contributed by atoms with E-state index in [2.05, 4.69) is 20.1 Å². The van der Waals surface area contributed by atoms with E-state index in [1.54, 1.807) is 0 Å². The Morgan fingerprint density at radius 1 is 1.07 bits per heavy atom. The number of nitrogens with zero attached hydrogens (tertiary/aromatic N) is 1. The summed E-state index contributed by atoms with van der Waals surface area (Å²) in [5.41, 5.74) is 0. The molecule has 0 saturated heterocycles. The van der Waals surface area contributed by atoms with Crippen LogP contribution < -0.4 is 0 Å². The van der Waals surface area contributed by atoms with Gasteiger partial charge in [0.15, 0.2) is 0 Å². The molecule has 0 amide bonds. The van der Waals surface area contributed by atoms with Gasteiger partial charge in [-0.15, -0.1) is 13.2 Å². The molecule has 0 aliphatic heterocycles. The second kappa shape index (κ2) is 10.5. The highest BCUT2D eigenvalue weighted by Gasteiger charge is 1.99. The lowest BCUT2D eigenvalue weighted by Gasteiger charge is -2.18. The van der Waals surface area contributed by atoms with Gasteiger partial charge < -0.3 is 0 Å². The van der Waals surface area contributed by atoms with Gasteiger partial charge in [-0.05, 0) is 6.42 Å². The van der Waals surface area contributed by atoms with Crippen LogP contribution in [0.4, 0.5) is 0 Å². The molecule has 0 radical (unpaired) electrons. The zero-order valence-electron chi connectivity index (χ0n) is 9.37. The number of hydrogen-bond acceptors (Lipinski definition) is 2. The Kier molecular flexibility index (Phi) is 10.0. The highest BCUT2D eigenvalue weighted by molar-refractivity contribution is 4.75. The van der Waals surface area contributed by atoms with Gasteiger partial charge in [-0.1, -0.05) is 38.3 Å². The topological polar surface area (TPSA) is 12.5 Å². The average Bonchev–Trinajstić information content (AvgIpc) is 2.18. The number of unbranched alkanes of at least 4 members (excludes halogenated alkanes) is 3. The van der Waals surface area contributed by atoms with E-state index in [4.69, 9.17) is 4.84 Å². The van der Waals surface area contributed by atoms with Crippen LogP contribution >= 0.6 is 0 Å². The third kappa shape index (κ3) is 8.02. The average molecular weight is 197 g/mol. The first-order chi connectivity index (χ1) is 6.85. The van der Waals surface area contributed by atoms with Crippen LogP contribution in [0, 0.1) is 0 Å². The summed E-state index contributed by atoms with van der Waals surface area (Å²) >= 11 is 0. The zero-order chi connectivity index (χ0) is 10.6. The minimum atomic E-state index is 0.764. The molecule has 2 nitrogen and oxygen atoms in total. The van der Waals surface area contributed by atoms with Crippen molar-refractivity contribution in [3.63, 3.8) is 0 Å². The molecule has 14 heavy (non-hydrogen) atoms. The molecular formula is C12H23NO. The molecule has 0 rings (SSSR count). The molecule has 0 heterocycles. The summed E-state index contributed by atoms with van der Waals surface area (Å²) < 4.78 is 0. The predicted molar refractivity (Wildman–Crippen MR) is 62.1 cm³/mol. The van der Waals surface area contributed by atoms with Crippen molar-refractivity contribution in [3.8, 4) is 0 Å². The van der Waals surface area contributed by atoms with Crippen molar-refractivity contribution in [1.29, 1.82) is 0 Å². The van der Waals surface area contributed by atoms with Gasteiger partial charge in [0.25, 0.3) is 0 Å². The molecule has 0 atom stereocenters. The summed E-state index contributed by atoms with van der Waals surface area (Å²) in [6, 6.07) is 0. The Labute approximate surface area is 88.2 Å². The normalized spacial score (nSPS) is 10.4. The number of hydrogen-bond donors (Lipinski definition) is 0. The maximum atomic E-state index is 5.56. The van der Waals surface area contributed by atoms with Crippen molar-refractivity contribution in [3.05, 3.63) is 25.3 Å². The monoisotopic (exact) mass is 197 g/mol. The van der Waals surface area contributed by atoms with Gasteiger partial charge in [-0.25, -0.2) is 0 Å². The summed E-state index contributed by atoms with van der Waals surface area (Å²) in [5, 5.41) is 1.88. The second-order valence-electron chi connectivity index (χ2n) is 3.32. The Hall–Kier alpha value is -0.600. The highest BCUT2D eigenvalue weighted by atomic mass is 16.7. The van der Waals surface area contributed by atoms with Gasteiger partial charge in [-0.2, -0.15) is 5.06 Å². The minimum absolute atomic E-state index is 0.764. The lowest BCUT2D eigenvalue weighted by Crippen LogP contribution is -2.24. The quantitative estimate of drug-likeness (QED) is 0.303. The lowest BCUT2D eigenvalue weighted by molar-refractivity contribution is -0.144. The maximum absolute atomic E-state index is 5.56. The van der Waals surface area contributed by atoms with Crippen molar-refractivity contribution < 1.29 is 4.84 Å². The molecule has 82 valence electrons. The fourth-order valence-electron chi connectivity index (χ4n) is 1.19. The zero-order valence-corrected chi connectivity index (χ0v) is 9.37. The van der Waals surface area contributed by atoms with E-state index in [0.29, 0.717) is 0 Å². The van der Waals surface area contributed by atoms with E-state index in [9.17, 15) is 0 Å². The summed E-state index contributed by atoms with van der Waals surface area (Å²) in [4.78, 5) is 5.56. The molecule has 0 aromatic heterocycles. The summed E-state index contributed by atoms with van der Waals surface area (Å²) in [6.45, 7) is 11.9. The van der Waals surface area contributed by atoms with Gasteiger partial charge >= 0.3 is 0 Å². The molecule has 0 aromatic carbocycles. The minimum Gasteiger partial charge on any atom is -0.298 e. The molecule has 2 heteroatoms. The maximum Gasteiger partial charge on any atom is 0.0685 e. The molecule has 0 aliphatic rings. The standard InChI is InChI=1S/C12H23NO/c1-4-7-8-9-12-14-13(10-5-2)11-6-3/h5-6H,2-4,7-12H2,1H3. The Bertz CT molecular complexity index is 135. The van der Waals surface area contributed by atoms with Crippen LogP contribution in [0.15, 0.2) is 25.3 Å². The second-order valence-corrected chi connectivity index (χ2v) is 3.32. The number of hydroxylamine groups is 2. The third-order valence-electron chi connectivity index (χ3n) is 1.94. The van der Waals surface area contributed by atoms with Crippen LogP contribution in [0.3, 0.4) is 0 Å². The molecule has 0 bridgehead atoms. The first-order valence-corrected chi connectivity index (χ1v) is 5.44. The largest absolute Gasteiger partial charge is 0.298 e. The van der Waals surface area contributed by atoms with Crippen LogP contribution in [0.2, 0.25) is 0 Å². The molecule has 0 spiro atoms. The SMILES string of the molecule is C=CCN(CC=C)OCCCCCC. The van der Waals surface area contributed by atoms with Gasteiger partial charge in [0.05, 0.1) is 6.61 Å². The van der Waals surface area contributed by atoms with E-state index >= 15 is 0 Å². The van der Waals surface area contributed by atoms with Crippen LogP contribution in [0.5, 0.6) is 0 Å². The molecule has 0 fully saturated rings. The van der Waals surface area contributed by atoms with Gasteiger partial charge in [0.2, 0.25) is 0 Å². The van der Waals surface area contributed by atoms with Crippen molar-refractivity contribution >= 4 is 0 Å². The fraction of sp³-hybridized carbons (Fsp3) is 0.667. The summed E-state index contributed by atoms with van der Waals surface area (Å²) in [6.07, 6.45) is 8.64. The molecule has 0 saturated carbocycles. The molecule has 0 aliphatic carbocycles. The van der Waals surface area contributed by atoms with E-state index in [1.807, 2.05) is 17.2 Å². The van der Waals surface area contributed by atoms with Crippen molar-refractivity contribution in [2.75, 3.05) is 19.7 Å². The van der Waals surface area contributed by atoms with E-state index in [0.717, 1.165) is 26.1 Å². The summed E-state index contributed by atoms with van der Waals surface area (Å²) in [7, 11) is 0. The van der Waals surface area contributed by atoms with Crippen LogP contribution in [0.1, 0.15) is 32.6 Å². The number of rotatable bonds is 10. The smallest absolute Gasteiger partial charge is 0.0685 e. The molecule has 0 N–H and O–H groups in total. The molecule has 0 aromatic rings. The van der Waals surface area contributed by atoms with E-state index < -0.39 is 0 Å². The Morgan fingerprint density at radius 3 is 2.21 bits per heavy atom. The third-order valence-corrected chi connectivity index (χ3v) is 1.94. The Morgan fingerprint density at radius 2 is 1.71 bits per heavy atom. The van der Waals surface area contributed by atoms with Gasteiger partial charge in [0, 0.05) is 13.1 Å². The van der Waals surface area contributed by atoms with Crippen molar-refractivity contribution in [2.24, 2.45) is 0 Å². The predicted octanol–water partition coefficient (Wildman–Crippen LogP) is 3.17. The first-order valence-electron chi connectivity index (χ1n) is 5.44. The molecular weight excluding hydrogens is 174 g/mol. The van der Waals surface area contributed by atoms with Gasteiger partial charge in [0.1, 0.15) is 0 Å².